The molecule has 6 nitrogen and oxygen atoms in total. The molecule has 6 heteroatoms. The van der Waals surface area contributed by atoms with Crippen LogP contribution in [0.25, 0.3) is 0 Å². The molecule has 114 valence electrons. The summed E-state index contributed by atoms with van der Waals surface area (Å²) >= 11 is 0. The SMILES string of the molecule is CCOc1ccc(CN(C)C(=O)C2CNC(=O)CN2)cc1. The fraction of sp³-hybridized carbons (Fsp3) is 0.467. The summed E-state index contributed by atoms with van der Waals surface area (Å²) in [5, 5.41) is 5.63. The first-order valence-corrected chi connectivity index (χ1v) is 7.07. The van der Waals surface area contributed by atoms with Gasteiger partial charge in [0.2, 0.25) is 11.8 Å². The monoisotopic (exact) mass is 291 g/mol. The lowest BCUT2D eigenvalue weighted by Gasteiger charge is -2.27. The Morgan fingerprint density at radius 3 is 2.67 bits per heavy atom. The van der Waals surface area contributed by atoms with Gasteiger partial charge in [0.1, 0.15) is 11.8 Å². The van der Waals surface area contributed by atoms with E-state index in [1.54, 1.807) is 11.9 Å². The third-order valence-corrected chi connectivity index (χ3v) is 3.34. The number of hydrogen-bond acceptors (Lipinski definition) is 4. The summed E-state index contributed by atoms with van der Waals surface area (Å²) in [6.07, 6.45) is 0. The standard InChI is InChI=1S/C15H21N3O3/c1-3-21-12-6-4-11(5-7-12)10-18(2)15(20)13-8-17-14(19)9-16-13/h4-7,13,16H,3,8-10H2,1-2H3,(H,17,19). The van der Waals surface area contributed by atoms with Crippen LogP contribution in [0.5, 0.6) is 5.75 Å². The van der Waals surface area contributed by atoms with Crippen LogP contribution in [0.2, 0.25) is 0 Å². The summed E-state index contributed by atoms with van der Waals surface area (Å²) in [7, 11) is 1.76. The fourth-order valence-electron chi connectivity index (χ4n) is 2.22. The molecule has 0 bridgehead atoms. The molecule has 2 amide bonds. The third kappa shape index (κ3) is 4.19. The molecule has 0 aliphatic carbocycles. The predicted octanol–water partition coefficient (Wildman–Crippen LogP) is 0.132. The van der Waals surface area contributed by atoms with Crippen LogP contribution < -0.4 is 15.4 Å². The number of hydrogen-bond donors (Lipinski definition) is 2. The van der Waals surface area contributed by atoms with Crippen molar-refractivity contribution in [2.24, 2.45) is 0 Å². The molecule has 1 aromatic rings. The van der Waals surface area contributed by atoms with Crippen molar-refractivity contribution in [2.45, 2.75) is 19.5 Å². The summed E-state index contributed by atoms with van der Waals surface area (Å²) in [5.74, 6) is 0.726. The zero-order chi connectivity index (χ0) is 15.2. The Morgan fingerprint density at radius 1 is 1.38 bits per heavy atom. The van der Waals surface area contributed by atoms with Gasteiger partial charge in [-0.15, -0.1) is 0 Å². The van der Waals surface area contributed by atoms with Crippen LogP contribution in [0.4, 0.5) is 0 Å². The number of rotatable bonds is 5. The molecule has 1 unspecified atom stereocenters. The smallest absolute Gasteiger partial charge is 0.241 e. The van der Waals surface area contributed by atoms with Gasteiger partial charge in [-0.2, -0.15) is 0 Å². The highest BCUT2D eigenvalue weighted by atomic mass is 16.5. The number of ether oxygens (including phenoxy) is 1. The lowest BCUT2D eigenvalue weighted by atomic mass is 10.1. The molecule has 0 aromatic heterocycles. The van der Waals surface area contributed by atoms with Gasteiger partial charge in [0.15, 0.2) is 0 Å². The van der Waals surface area contributed by atoms with E-state index in [-0.39, 0.29) is 24.4 Å². The molecule has 1 aliphatic rings. The topological polar surface area (TPSA) is 70.7 Å². The molecule has 1 saturated heterocycles. The van der Waals surface area contributed by atoms with Gasteiger partial charge in [0.05, 0.1) is 13.2 Å². The average molecular weight is 291 g/mol. The van der Waals surface area contributed by atoms with Crippen LogP contribution in [0.1, 0.15) is 12.5 Å². The maximum absolute atomic E-state index is 12.3. The second kappa shape index (κ2) is 7.08. The van der Waals surface area contributed by atoms with Crippen LogP contribution in [0.3, 0.4) is 0 Å². The number of amides is 2. The van der Waals surface area contributed by atoms with Gasteiger partial charge >= 0.3 is 0 Å². The third-order valence-electron chi connectivity index (χ3n) is 3.34. The van der Waals surface area contributed by atoms with Crippen molar-refractivity contribution in [3.05, 3.63) is 29.8 Å². The van der Waals surface area contributed by atoms with Crippen molar-refractivity contribution in [3.63, 3.8) is 0 Å². The van der Waals surface area contributed by atoms with E-state index in [9.17, 15) is 9.59 Å². The van der Waals surface area contributed by atoms with Gasteiger partial charge in [0.25, 0.3) is 0 Å². The largest absolute Gasteiger partial charge is 0.494 e. The highest BCUT2D eigenvalue weighted by Gasteiger charge is 2.26. The van der Waals surface area contributed by atoms with Gasteiger partial charge in [-0.05, 0) is 24.6 Å². The van der Waals surface area contributed by atoms with E-state index >= 15 is 0 Å². The Bertz CT molecular complexity index is 491. The molecule has 0 saturated carbocycles. The maximum atomic E-state index is 12.3. The van der Waals surface area contributed by atoms with Crippen molar-refractivity contribution < 1.29 is 14.3 Å². The molecule has 1 aliphatic heterocycles. The molecule has 2 N–H and O–H groups in total. The minimum atomic E-state index is -0.351. The van der Waals surface area contributed by atoms with Gasteiger partial charge in [-0.25, -0.2) is 0 Å². The summed E-state index contributed by atoms with van der Waals surface area (Å²) in [6, 6.07) is 7.35. The predicted molar refractivity (Wildman–Crippen MR) is 78.9 cm³/mol. The summed E-state index contributed by atoms with van der Waals surface area (Å²) in [4.78, 5) is 25.0. The van der Waals surface area contributed by atoms with E-state index < -0.39 is 0 Å². The molecular formula is C15H21N3O3. The fourth-order valence-corrected chi connectivity index (χ4v) is 2.22. The Kier molecular flexibility index (Phi) is 5.16. The quantitative estimate of drug-likeness (QED) is 0.809. The van der Waals surface area contributed by atoms with E-state index in [2.05, 4.69) is 10.6 Å². The molecule has 1 atom stereocenters. The number of carbonyl (C=O) groups is 2. The van der Waals surface area contributed by atoms with Crippen LogP contribution >= 0.6 is 0 Å². The molecule has 0 spiro atoms. The highest BCUT2D eigenvalue weighted by Crippen LogP contribution is 2.13. The maximum Gasteiger partial charge on any atom is 0.241 e. The number of likely N-dealkylation sites (N-methyl/N-ethyl adjacent to an activating group) is 1. The zero-order valence-electron chi connectivity index (χ0n) is 12.4. The average Bonchev–Trinajstić information content (AvgIpc) is 2.49. The Labute approximate surface area is 124 Å². The van der Waals surface area contributed by atoms with E-state index in [1.807, 2.05) is 31.2 Å². The highest BCUT2D eigenvalue weighted by molar-refractivity contribution is 5.86. The Morgan fingerprint density at radius 2 is 2.10 bits per heavy atom. The Balaban J connectivity index is 1.89. The van der Waals surface area contributed by atoms with Crippen LogP contribution in [0.15, 0.2) is 24.3 Å². The second-order valence-corrected chi connectivity index (χ2v) is 5.01. The molecule has 21 heavy (non-hydrogen) atoms. The Hall–Kier alpha value is -2.08. The van der Waals surface area contributed by atoms with Crippen molar-refractivity contribution in [2.75, 3.05) is 26.7 Å². The first kappa shape index (κ1) is 15.3. The summed E-state index contributed by atoms with van der Waals surface area (Å²) in [6.45, 7) is 3.63. The number of carbonyl (C=O) groups excluding carboxylic acids is 2. The second-order valence-electron chi connectivity index (χ2n) is 5.01. The summed E-state index contributed by atoms with van der Waals surface area (Å²) in [5.41, 5.74) is 1.04. The van der Waals surface area contributed by atoms with Gasteiger partial charge < -0.3 is 15.0 Å². The lowest BCUT2D eigenvalue weighted by Crippen LogP contribution is -2.58. The molecular weight excluding hydrogens is 270 g/mol. The van der Waals surface area contributed by atoms with E-state index in [0.29, 0.717) is 19.7 Å². The van der Waals surface area contributed by atoms with Crippen molar-refractivity contribution in [1.82, 2.24) is 15.5 Å². The van der Waals surface area contributed by atoms with Crippen LogP contribution in [-0.4, -0.2) is 49.5 Å². The van der Waals surface area contributed by atoms with E-state index in [1.165, 1.54) is 0 Å². The zero-order valence-corrected chi connectivity index (χ0v) is 12.4. The first-order valence-electron chi connectivity index (χ1n) is 7.07. The van der Waals surface area contributed by atoms with E-state index in [0.717, 1.165) is 11.3 Å². The molecule has 1 fully saturated rings. The van der Waals surface area contributed by atoms with Crippen LogP contribution in [-0.2, 0) is 16.1 Å². The minimum Gasteiger partial charge on any atom is -0.494 e. The summed E-state index contributed by atoms with van der Waals surface area (Å²) < 4.78 is 5.39. The van der Waals surface area contributed by atoms with Crippen LogP contribution in [0, 0.1) is 0 Å². The molecule has 2 rings (SSSR count). The van der Waals surface area contributed by atoms with Crippen molar-refractivity contribution in [1.29, 1.82) is 0 Å². The number of benzene rings is 1. The molecule has 1 aromatic carbocycles. The van der Waals surface area contributed by atoms with E-state index in [4.69, 9.17) is 4.74 Å². The van der Waals surface area contributed by atoms with Crippen molar-refractivity contribution >= 4 is 11.8 Å². The lowest BCUT2D eigenvalue weighted by molar-refractivity contribution is -0.134. The van der Waals surface area contributed by atoms with Crippen molar-refractivity contribution in [3.8, 4) is 5.75 Å². The van der Waals surface area contributed by atoms with Gasteiger partial charge in [0, 0.05) is 20.1 Å². The number of piperazine rings is 1. The minimum absolute atomic E-state index is 0.0242. The molecule has 1 heterocycles. The number of nitrogens with zero attached hydrogens (tertiary/aromatic N) is 1. The molecule has 0 radical (unpaired) electrons. The first-order chi connectivity index (χ1) is 10.1. The normalized spacial score (nSPS) is 18.0. The van der Waals surface area contributed by atoms with Gasteiger partial charge in [-0.1, -0.05) is 12.1 Å². The van der Waals surface area contributed by atoms with Gasteiger partial charge in [-0.3, -0.25) is 14.9 Å². The number of nitrogens with one attached hydrogen (secondary N) is 2.